The fraction of sp³-hybridized carbons (Fsp3) is 0.300. The number of carbonyl (C=O) groups is 2. The minimum atomic E-state index is -5.08. The molecule has 0 aromatic heterocycles. The molecule has 2 aromatic rings. The van der Waals surface area contributed by atoms with E-state index in [4.69, 9.17) is 4.74 Å². The van der Waals surface area contributed by atoms with Crippen LogP contribution in [0.4, 0.5) is 28.0 Å². The zero-order chi connectivity index (χ0) is 24.3. The second kappa shape index (κ2) is 9.30. The van der Waals surface area contributed by atoms with Gasteiger partial charge in [-0.15, -0.1) is 13.2 Å². The lowest BCUT2D eigenvalue weighted by Gasteiger charge is -2.35. The van der Waals surface area contributed by atoms with Crippen molar-refractivity contribution in [2.45, 2.75) is 18.7 Å². The molecule has 0 spiro atoms. The highest BCUT2D eigenvalue weighted by atomic mass is 19.4. The van der Waals surface area contributed by atoms with E-state index in [0.717, 1.165) is 29.2 Å². The van der Waals surface area contributed by atoms with E-state index in [1.54, 1.807) is 0 Å². The van der Waals surface area contributed by atoms with Crippen LogP contribution in [0.1, 0.15) is 17.9 Å². The molecule has 13 heteroatoms. The maximum Gasteiger partial charge on any atom is 0.573 e. The van der Waals surface area contributed by atoms with Gasteiger partial charge in [0.15, 0.2) is 11.6 Å². The van der Waals surface area contributed by atoms with E-state index in [9.17, 15) is 42.4 Å². The van der Waals surface area contributed by atoms with E-state index in [-0.39, 0.29) is 36.5 Å². The molecule has 1 fully saturated rings. The van der Waals surface area contributed by atoms with Crippen LogP contribution in [0.25, 0.3) is 0 Å². The number of nitrogens with zero attached hydrogens (tertiary/aromatic N) is 2. The molecule has 1 heterocycles. The van der Waals surface area contributed by atoms with Crippen molar-refractivity contribution >= 4 is 17.7 Å². The Morgan fingerprint density at radius 3 is 2.33 bits per heavy atom. The van der Waals surface area contributed by atoms with Crippen LogP contribution in [0.3, 0.4) is 0 Å². The zero-order valence-electron chi connectivity index (χ0n) is 16.6. The molecule has 0 bridgehead atoms. The third-order valence-electron chi connectivity index (χ3n) is 4.96. The molecule has 0 aliphatic carbocycles. The highest BCUT2D eigenvalue weighted by molar-refractivity contribution is 5.75. The fourth-order valence-electron chi connectivity index (χ4n) is 3.45. The molecule has 3 rings (SSSR count). The molecule has 2 atom stereocenters. The number of alkyl halides is 3. The summed E-state index contributed by atoms with van der Waals surface area (Å²) < 4.78 is 59.9. The Balaban J connectivity index is 1.77. The second-order valence-electron chi connectivity index (χ2n) is 7.23. The monoisotopic (exact) mass is 472 g/mol. The Morgan fingerprint density at radius 2 is 1.79 bits per heavy atom. The van der Waals surface area contributed by atoms with Gasteiger partial charge in [0, 0.05) is 31.1 Å². The smallest absolute Gasteiger partial charge is 0.481 e. The van der Waals surface area contributed by atoms with Crippen molar-refractivity contribution in [1.29, 1.82) is 0 Å². The van der Waals surface area contributed by atoms with Gasteiger partial charge in [0.1, 0.15) is 5.75 Å². The molecule has 1 amide bonds. The number of nitro groups is 1. The number of amides is 1. The first-order chi connectivity index (χ1) is 15.4. The molecule has 0 saturated carbocycles. The molecule has 33 heavy (non-hydrogen) atoms. The fourth-order valence-corrected chi connectivity index (χ4v) is 3.45. The zero-order valence-corrected chi connectivity index (χ0v) is 16.6. The molecule has 176 valence electrons. The molecule has 1 aliphatic rings. The van der Waals surface area contributed by atoms with E-state index in [1.165, 1.54) is 18.2 Å². The number of ether oxygens (including phenoxy) is 2. The molecule has 1 saturated heterocycles. The Labute approximate surface area is 183 Å². The lowest BCUT2D eigenvalue weighted by Crippen LogP contribution is -2.46. The normalized spacial score (nSPS) is 18.5. The number of nitro benzene ring substituents is 1. The average Bonchev–Trinajstić information content (AvgIpc) is 2.74. The van der Waals surface area contributed by atoms with Crippen molar-refractivity contribution < 1.29 is 46.7 Å². The summed E-state index contributed by atoms with van der Waals surface area (Å²) in [5.74, 6) is -5.31. The van der Waals surface area contributed by atoms with Gasteiger partial charge < -0.3 is 19.5 Å². The summed E-state index contributed by atoms with van der Waals surface area (Å²) in [6, 6.07) is 7.38. The van der Waals surface area contributed by atoms with Crippen LogP contribution >= 0.6 is 0 Å². The van der Waals surface area contributed by atoms with Crippen LogP contribution in [0, 0.1) is 21.8 Å². The molecule has 2 aromatic carbocycles. The highest BCUT2D eigenvalue weighted by Crippen LogP contribution is 2.34. The summed E-state index contributed by atoms with van der Waals surface area (Å²) in [4.78, 5) is 35.3. The van der Waals surface area contributed by atoms with Crippen molar-refractivity contribution in [3.63, 3.8) is 0 Å². The summed E-state index contributed by atoms with van der Waals surface area (Å²) in [5, 5.41) is 20.1. The number of benzene rings is 2. The second-order valence-corrected chi connectivity index (χ2v) is 7.23. The number of hydrogen-bond acceptors (Lipinski definition) is 6. The number of carbonyl (C=O) groups excluding carboxylic acids is 1. The number of halogens is 4. The van der Waals surface area contributed by atoms with Gasteiger partial charge >= 0.3 is 18.4 Å². The summed E-state index contributed by atoms with van der Waals surface area (Å²) >= 11 is 0. The molecule has 2 unspecified atom stereocenters. The van der Waals surface area contributed by atoms with Crippen LogP contribution in [0.15, 0.2) is 42.5 Å². The van der Waals surface area contributed by atoms with Crippen molar-refractivity contribution in [2.75, 3.05) is 13.1 Å². The predicted molar refractivity (Wildman–Crippen MR) is 102 cm³/mol. The van der Waals surface area contributed by atoms with E-state index >= 15 is 0 Å². The predicted octanol–water partition coefficient (Wildman–Crippen LogP) is 4.32. The number of likely N-dealkylation sites (tertiary alicyclic amines) is 1. The lowest BCUT2D eigenvalue weighted by atomic mass is 9.84. The molecule has 9 nitrogen and oxygen atoms in total. The number of aliphatic carboxylic acids is 1. The quantitative estimate of drug-likeness (QED) is 0.391. The molecule has 1 N–H and O–H groups in total. The Morgan fingerprint density at radius 1 is 1.12 bits per heavy atom. The number of carboxylic acid groups (broad SMARTS) is 1. The number of hydrogen-bond donors (Lipinski definition) is 1. The molecule has 1 aliphatic heterocycles. The maximum absolute atomic E-state index is 14.1. The third kappa shape index (κ3) is 6.08. The van der Waals surface area contributed by atoms with Gasteiger partial charge in [0.05, 0.1) is 10.8 Å². The van der Waals surface area contributed by atoms with E-state index in [0.29, 0.717) is 0 Å². The first-order valence-electron chi connectivity index (χ1n) is 9.42. The van der Waals surface area contributed by atoms with Crippen LogP contribution in [-0.4, -0.2) is 46.4 Å². The number of carboxylic acids is 1. The summed E-state index contributed by atoms with van der Waals surface area (Å²) in [6.07, 6.45) is -6.01. The Bertz CT molecular complexity index is 1060. The standard InChI is InChI=1S/C20H16F4N2O7/c21-16-8-11(1-6-17(16)33-20(22,23)24)12-7-13(18(27)28)10-25(9-12)19(29)32-15-4-2-14(3-5-15)26(30)31/h1-6,8,12-13H,7,9-10H2,(H,27,28). The van der Waals surface area contributed by atoms with Crippen LogP contribution in [0.5, 0.6) is 11.5 Å². The van der Waals surface area contributed by atoms with Crippen LogP contribution in [0.2, 0.25) is 0 Å². The Kier molecular flexibility index (Phi) is 6.70. The largest absolute Gasteiger partial charge is 0.573 e. The number of non-ortho nitro benzene ring substituents is 1. The van der Waals surface area contributed by atoms with Crippen molar-refractivity contribution in [3.05, 3.63) is 64.0 Å². The summed E-state index contributed by atoms with van der Waals surface area (Å²) in [7, 11) is 0. The van der Waals surface area contributed by atoms with Gasteiger partial charge in [-0.25, -0.2) is 9.18 Å². The first-order valence-corrected chi connectivity index (χ1v) is 9.42. The molecular formula is C20H16F4N2O7. The SMILES string of the molecule is O=C(O)C1CC(c2ccc(OC(F)(F)F)c(F)c2)CN(C(=O)Oc2ccc([N+](=O)[O-])cc2)C1. The van der Waals surface area contributed by atoms with Gasteiger partial charge in [-0.3, -0.25) is 14.9 Å². The average molecular weight is 472 g/mol. The summed E-state index contributed by atoms with van der Waals surface area (Å²) in [6.45, 7) is -0.302. The van der Waals surface area contributed by atoms with Gasteiger partial charge in [0.2, 0.25) is 0 Å². The van der Waals surface area contributed by atoms with E-state index < -0.39 is 46.8 Å². The Hall–Kier alpha value is -3.90. The minimum absolute atomic E-state index is 0.00948. The topological polar surface area (TPSA) is 119 Å². The molecular weight excluding hydrogens is 456 g/mol. The van der Waals surface area contributed by atoms with Gasteiger partial charge in [-0.05, 0) is 36.2 Å². The van der Waals surface area contributed by atoms with Crippen molar-refractivity contribution in [1.82, 2.24) is 4.90 Å². The van der Waals surface area contributed by atoms with Crippen molar-refractivity contribution in [3.8, 4) is 11.5 Å². The van der Waals surface area contributed by atoms with Crippen LogP contribution < -0.4 is 9.47 Å². The first kappa shape index (κ1) is 23.8. The van der Waals surface area contributed by atoms with E-state index in [1.807, 2.05) is 0 Å². The van der Waals surface area contributed by atoms with Gasteiger partial charge in [-0.1, -0.05) is 6.07 Å². The lowest BCUT2D eigenvalue weighted by molar-refractivity contribution is -0.384. The van der Waals surface area contributed by atoms with Gasteiger partial charge in [-0.2, -0.15) is 0 Å². The third-order valence-corrected chi connectivity index (χ3v) is 4.96. The maximum atomic E-state index is 14.1. The highest BCUT2D eigenvalue weighted by Gasteiger charge is 2.36. The minimum Gasteiger partial charge on any atom is -0.481 e. The van der Waals surface area contributed by atoms with Gasteiger partial charge in [0.25, 0.3) is 5.69 Å². The summed E-state index contributed by atoms with van der Waals surface area (Å²) in [5.41, 5.74) is -0.0418. The number of rotatable bonds is 5. The molecule has 0 radical (unpaired) electrons. The van der Waals surface area contributed by atoms with Crippen molar-refractivity contribution in [2.24, 2.45) is 5.92 Å². The van der Waals surface area contributed by atoms with Crippen LogP contribution in [-0.2, 0) is 4.79 Å². The number of piperidine rings is 1. The van der Waals surface area contributed by atoms with E-state index in [2.05, 4.69) is 4.74 Å².